The van der Waals surface area contributed by atoms with E-state index in [0.717, 1.165) is 30.9 Å². The van der Waals surface area contributed by atoms with Gasteiger partial charge in [0.05, 0.1) is 14.2 Å². The molecule has 0 spiro atoms. The van der Waals surface area contributed by atoms with Gasteiger partial charge in [-0.05, 0) is 50.9 Å². The van der Waals surface area contributed by atoms with Crippen molar-refractivity contribution in [3.8, 4) is 11.5 Å². The minimum Gasteiger partial charge on any atom is -0.493 e. The lowest BCUT2D eigenvalue weighted by Gasteiger charge is -2.43. The molecule has 126 valence electrons. The first-order valence-electron chi connectivity index (χ1n) is 8.52. The number of benzene rings is 1. The van der Waals surface area contributed by atoms with Gasteiger partial charge in [-0.25, -0.2) is 0 Å². The van der Waals surface area contributed by atoms with Crippen molar-refractivity contribution in [3.63, 3.8) is 0 Å². The molecule has 1 aliphatic carbocycles. The summed E-state index contributed by atoms with van der Waals surface area (Å²) >= 11 is 0. The minimum atomic E-state index is 0.0672. The Morgan fingerprint density at radius 2 is 1.91 bits per heavy atom. The SMILES string of the molecule is COc1ccc(C23CCC(=O)CC2N(C(C)C)CC3)cc1OC. The van der Waals surface area contributed by atoms with Crippen molar-refractivity contribution in [2.75, 3.05) is 20.8 Å². The first-order chi connectivity index (χ1) is 11.0. The molecule has 2 unspecified atom stereocenters. The summed E-state index contributed by atoms with van der Waals surface area (Å²) in [7, 11) is 3.34. The van der Waals surface area contributed by atoms with Crippen LogP contribution in [0.15, 0.2) is 18.2 Å². The van der Waals surface area contributed by atoms with E-state index in [0.29, 0.717) is 30.7 Å². The third-order valence-electron chi connectivity index (χ3n) is 5.75. The molecule has 0 bridgehead atoms. The highest BCUT2D eigenvalue weighted by atomic mass is 16.5. The maximum absolute atomic E-state index is 12.1. The van der Waals surface area contributed by atoms with Crippen molar-refractivity contribution in [1.82, 2.24) is 4.90 Å². The third kappa shape index (κ3) is 2.63. The fourth-order valence-electron chi connectivity index (χ4n) is 4.50. The van der Waals surface area contributed by atoms with E-state index in [1.807, 2.05) is 6.07 Å². The lowest BCUT2D eigenvalue weighted by Crippen LogP contribution is -2.49. The molecule has 0 radical (unpaired) electrons. The Labute approximate surface area is 138 Å². The van der Waals surface area contributed by atoms with E-state index < -0.39 is 0 Å². The predicted molar refractivity (Wildman–Crippen MR) is 90.3 cm³/mol. The van der Waals surface area contributed by atoms with E-state index in [2.05, 4.69) is 30.9 Å². The number of ether oxygens (including phenoxy) is 2. The van der Waals surface area contributed by atoms with Crippen LogP contribution in [-0.2, 0) is 10.2 Å². The summed E-state index contributed by atoms with van der Waals surface area (Å²) < 4.78 is 10.9. The zero-order chi connectivity index (χ0) is 16.6. The van der Waals surface area contributed by atoms with Crippen LogP contribution in [0.1, 0.15) is 45.1 Å². The number of carbonyl (C=O) groups excluding carboxylic acids is 1. The molecule has 1 aliphatic heterocycles. The smallest absolute Gasteiger partial charge is 0.161 e. The number of methoxy groups -OCH3 is 2. The summed E-state index contributed by atoms with van der Waals surface area (Å²) in [5.74, 6) is 1.94. The Morgan fingerprint density at radius 1 is 1.17 bits per heavy atom. The van der Waals surface area contributed by atoms with Crippen LogP contribution in [0.4, 0.5) is 0 Å². The van der Waals surface area contributed by atoms with Gasteiger partial charge in [0.2, 0.25) is 0 Å². The number of hydrogen-bond donors (Lipinski definition) is 0. The number of fused-ring (bicyclic) bond motifs is 1. The highest BCUT2D eigenvalue weighted by Gasteiger charge is 2.51. The number of carbonyl (C=O) groups is 1. The molecule has 3 rings (SSSR count). The zero-order valence-corrected chi connectivity index (χ0v) is 14.6. The van der Waals surface area contributed by atoms with Crippen molar-refractivity contribution >= 4 is 5.78 Å². The van der Waals surface area contributed by atoms with Gasteiger partial charge >= 0.3 is 0 Å². The van der Waals surface area contributed by atoms with E-state index in [1.165, 1.54) is 5.56 Å². The molecule has 1 saturated heterocycles. The minimum absolute atomic E-state index is 0.0672. The monoisotopic (exact) mass is 317 g/mol. The van der Waals surface area contributed by atoms with E-state index in [9.17, 15) is 4.79 Å². The van der Waals surface area contributed by atoms with Gasteiger partial charge in [0, 0.05) is 30.3 Å². The van der Waals surface area contributed by atoms with Crippen molar-refractivity contribution in [2.45, 2.75) is 57.0 Å². The van der Waals surface area contributed by atoms with Crippen molar-refractivity contribution in [2.24, 2.45) is 0 Å². The second-order valence-electron chi connectivity index (χ2n) is 7.07. The molecule has 4 nitrogen and oxygen atoms in total. The molecule has 2 atom stereocenters. The van der Waals surface area contributed by atoms with Crippen molar-refractivity contribution in [3.05, 3.63) is 23.8 Å². The Hall–Kier alpha value is -1.55. The highest BCUT2D eigenvalue weighted by Crippen LogP contribution is 2.50. The molecule has 1 aromatic rings. The topological polar surface area (TPSA) is 38.8 Å². The molecule has 2 aliphatic rings. The Kier molecular flexibility index (Phi) is 4.37. The van der Waals surface area contributed by atoms with Crippen molar-refractivity contribution < 1.29 is 14.3 Å². The molecule has 0 N–H and O–H groups in total. The summed E-state index contributed by atoms with van der Waals surface area (Å²) in [4.78, 5) is 14.6. The lowest BCUT2D eigenvalue weighted by molar-refractivity contribution is -0.123. The van der Waals surface area contributed by atoms with Gasteiger partial charge in [0.15, 0.2) is 11.5 Å². The van der Waals surface area contributed by atoms with Gasteiger partial charge in [-0.15, -0.1) is 0 Å². The number of Topliss-reactive ketones (excluding diaryl/α,β-unsaturated/α-hetero) is 1. The van der Waals surface area contributed by atoms with Gasteiger partial charge in [-0.1, -0.05) is 6.07 Å². The average Bonchev–Trinajstić information content (AvgIpc) is 2.94. The number of rotatable bonds is 4. The molecule has 1 aromatic carbocycles. The Bertz CT molecular complexity index is 598. The summed E-state index contributed by atoms with van der Waals surface area (Å²) in [6.45, 7) is 5.51. The van der Waals surface area contributed by atoms with Gasteiger partial charge < -0.3 is 9.47 Å². The molecular weight excluding hydrogens is 290 g/mol. The van der Waals surface area contributed by atoms with E-state index in [-0.39, 0.29) is 5.41 Å². The molecular formula is C19H27NO3. The summed E-state index contributed by atoms with van der Waals surface area (Å²) in [6.07, 6.45) is 3.41. The van der Waals surface area contributed by atoms with Crippen LogP contribution >= 0.6 is 0 Å². The van der Waals surface area contributed by atoms with Crippen LogP contribution in [0.2, 0.25) is 0 Å². The van der Waals surface area contributed by atoms with Gasteiger partial charge in [-0.2, -0.15) is 0 Å². The summed E-state index contributed by atoms with van der Waals surface area (Å²) in [6, 6.07) is 7.04. The van der Waals surface area contributed by atoms with Crippen LogP contribution in [0.25, 0.3) is 0 Å². The fourth-order valence-corrected chi connectivity index (χ4v) is 4.50. The Morgan fingerprint density at radius 3 is 2.57 bits per heavy atom. The number of ketones is 1. The quantitative estimate of drug-likeness (QED) is 0.855. The van der Waals surface area contributed by atoms with Gasteiger partial charge in [0.1, 0.15) is 5.78 Å². The molecule has 4 heteroatoms. The lowest BCUT2D eigenvalue weighted by atomic mass is 9.66. The summed E-state index contributed by atoms with van der Waals surface area (Å²) in [5.41, 5.74) is 1.35. The standard InChI is InChI=1S/C19H27NO3/c1-13(2)20-10-9-19(8-7-15(21)12-18(19)20)14-5-6-16(22-3)17(11-14)23-4/h5-6,11,13,18H,7-10,12H2,1-4H3. The number of nitrogens with zero attached hydrogens (tertiary/aromatic N) is 1. The summed E-state index contributed by atoms with van der Waals surface area (Å²) in [5, 5.41) is 0. The third-order valence-corrected chi connectivity index (χ3v) is 5.75. The molecule has 0 aromatic heterocycles. The largest absolute Gasteiger partial charge is 0.493 e. The maximum Gasteiger partial charge on any atom is 0.161 e. The second-order valence-corrected chi connectivity index (χ2v) is 7.07. The van der Waals surface area contributed by atoms with E-state index in [4.69, 9.17) is 9.47 Å². The first kappa shape index (κ1) is 16.3. The molecule has 1 saturated carbocycles. The first-order valence-corrected chi connectivity index (χ1v) is 8.52. The fraction of sp³-hybridized carbons (Fsp3) is 0.632. The van der Waals surface area contributed by atoms with E-state index >= 15 is 0 Å². The van der Waals surface area contributed by atoms with Crippen LogP contribution in [0.3, 0.4) is 0 Å². The molecule has 1 heterocycles. The molecule has 2 fully saturated rings. The van der Waals surface area contributed by atoms with Crippen LogP contribution in [0, 0.1) is 0 Å². The van der Waals surface area contributed by atoms with Crippen LogP contribution in [-0.4, -0.2) is 43.5 Å². The van der Waals surface area contributed by atoms with Gasteiger partial charge in [-0.3, -0.25) is 9.69 Å². The van der Waals surface area contributed by atoms with Crippen LogP contribution < -0.4 is 9.47 Å². The number of hydrogen-bond acceptors (Lipinski definition) is 4. The van der Waals surface area contributed by atoms with Gasteiger partial charge in [0.25, 0.3) is 0 Å². The second kappa shape index (κ2) is 6.16. The number of likely N-dealkylation sites (tertiary alicyclic amines) is 1. The highest BCUT2D eigenvalue weighted by molar-refractivity contribution is 5.81. The molecule has 23 heavy (non-hydrogen) atoms. The average molecular weight is 317 g/mol. The van der Waals surface area contributed by atoms with E-state index in [1.54, 1.807) is 14.2 Å². The molecule has 0 amide bonds. The van der Waals surface area contributed by atoms with Crippen molar-refractivity contribution in [1.29, 1.82) is 0 Å². The van der Waals surface area contributed by atoms with Crippen LogP contribution in [0.5, 0.6) is 11.5 Å². The zero-order valence-electron chi connectivity index (χ0n) is 14.6. The normalized spacial score (nSPS) is 28.0. The Balaban J connectivity index is 2.03. The predicted octanol–water partition coefficient (Wildman–Crippen LogP) is 3.18. The maximum atomic E-state index is 12.1.